The SMILES string of the molecule is Cc1cccc(C=C2CCN(C(=O)Nc3cccnc3)CC2C)c1. The Bertz CT molecular complexity index is 740. The number of urea groups is 1. The van der Waals surface area contributed by atoms with Gasteiger partial charge in [0.25, 0.3) is 0 Å². The molecule has 0 radical (unpaired) electrons. The lowest BCUT2D eigenvalue weighted by atomic mass is 9.91. The minimum atomic E-state index is -0.0514. The number of benzene rings is 1. The first kappa shape index (κ1) is 16.2. The summed E-state index contributed by atoms with van der Waals surface area (Å²) < 4.78 is 0. The monoisotopic (exact) mass is 321 g/mol. The summed E-state index contributed by atoms with van der Waals surface area (Å²) in [4.78, 5) is 18.3. The number of pyridine rings is 1. The van der Waals surface area contributed by atoms with Gasteiger partial charge in [-0.3, -0.25) is 4.98 Å². The molecule has 1 atom stereocenters. The van der Waals surface area contributed by atoms with E-state index < -0.39 is 0 Å². The van der Waals surface area contributed by atoms with Crippen LogP contribution >= 0.6 is 0 Å². The standard InChI is InChI=1S/C20H23N3O/c1-15-5-3-6-17(11-15)12-18-8-10-23(14-16(18)2)20(24)22-19-7-4-9-21-13-19/h3-7,9,11-13,16H,8,10,14H2,1-2H3,(H,22,24). The fourth-order valence-corrected chi connectivity index (χ4v) is 3.06. The number of likely N-dealkylation sites (tertiary alicyclic amines) is 1. The topological polar surface area (TPSA) is 45.2 Å². The Balaban J connectivity index is 1.63. The zero-order valence-electron chi connectivity index (χ0n) is 14.2. The first-order valence-corrected chi connectivity index (χ1v) is 8.35. The van der Waals surface area contributed by atoms with Gasteiger partial charge in [0.2, 0.25) is 0 Å². The van der Waals surface area contributed by atoms with Crippen molar-refractivity contribution < 1.29 is 4.79 Å². The van der Waals surface area contributed by atoms with Crippen LogP contribution < -0.4 is 5.32 Å². The second-order valence-electron chi connectivity index (χ2n) is 6.40. The number of aromatic nitrogens is 1. The Kier molecular flexibility index (Phi) is 4.94. The van der Waals surface area contributed by atoms with Crippen molar-refractivity contribution in [2.75, 3.05) is 18.4 Å². The summed E-state index contributed by atoms with van der Waals surface area (Å²) >= 11 is 0. The third-order valence-corrected chi connectivity index (χ3v) is 4.39. The van der Waals surface area contributed by atoms with E-state index in [4.69, 9.17) is 0 Å². The van der Waals surface area contributed by atoms with E-state index >= 15 is 0 Å². The van der Waals surface area contributed by atoms with Crippen LogP contribution in [0.5, 0.6) is 0 Å². The molecule has 1 N–H and O–H groups in total. The molecular weight excluding hydrogens is 298 g/mol. The summed E-state index contributed by atoms with van der Waals surface area (Å²) in [6.45, 7) is 5.78. The van der Waals surface area contributed by atoms with Crippen molar-refractivity contribution >= 4 is 17.8 Å². The number of rotatable bonds is 2. The molecule has 1 aliphatic rings. The Hall–Kier alpha value is -2.62. The predicted molar refractivity (Wildman–Crippen MR) is 97.8 cm³/mol. The van der Waals surface area contributed by atoms with E-state index in [9.17, 15) is 4.79 Å². The van der Waals surface area contributed by atoms with Crippen molar-refractivity contribution in [1.82, 2.24) is 9.88 Å². The predicted octanol–water partition coefficient (Wildman–Crippen LogP) is 4.35. The molecule has 1 aromatic carbocycles. The average Bonchev–Trinajstić information content (AvgIpc) is 2.57. The van der Waals surface area contributed by atoms with E-state index in [0.29, 0.717) is 5.92 Å². The Morgan fingerprint density at radius 1 is 1.33 bits per heavy atom. The van der Waals surface area contributed by atoms with Crippen LogP contribution in [0, 0.1) is 12.8 Å². The van der Waals surface area contributed by atoms with Gasteiger partial charge in [-0.2, -0.15) is 0 Å². The lowest BCUT2D eigenvalue weighted by molar-refractivity contribution is 0.198. The second kappa shape index (κ2) is 7.30. The van der Waals surface area contributed by atoms with Crippen molar-refractivity contribution in [3.63, 3.8) is 0 Å². The van der Waals surface area contributed by atoms with E-state index in [-0.39, 0.29) is 6.03 Å². The number of anilines is 1. The zero-order valence-corrected chi connectivity index (χ0v) is 14.2. The van der Waals surface area contributed by atoms with Crippen LogP contribution in [0.4, 0.5) is 10.5 Å². The van der Waals surface area contributed by atoms with Crippen molar-refractivity contribution in [1.29, 1.82) is 0 Å². The number of hydrogen-bond acceptors (Lipinski definition) is 2. The largest absolute Gasteiger partial charge is 0.324 e. The van der Waals surface area contributed by atoms with Gasteiger partial charge in [0.15, 0.2) is 0 Å². The number of amides is 2. The highest BCUT2D eigenvalue weighted by Gasteiger charge is 2.24. The van der Waals surface area contributed by atoms with Gasteiger partial charge in [-0.25, -0.2) is 4.79 Å². The fourth-order valence-electron chi connectivity index (χ4n) is 3.06. The highest BCUT2D eigenvalue weighted by molar-refractivity contribution is 5.89. The molecule has 1 aromatic heterocycles. The van der Waals surface area contributed by atoms with Crippen LogP contribution in [-0.2, 0) is 0 Å². The van der Waals surface area contributed by atoms with Crippen molar-refractivity contribution in [3.8, 4) is 0 Å². The molecule has 3 rings (SSSR count). The average molecular weight is 321 g/mol. The van der Waals surface area contributed by atoms with Crippen LogP contribution in [0.3, 0.4) is 0 Å². The highest BCUT2D eigenvalue weighted by Crippen LogP contribution is 2.25. The van der Waals surface area contributed by atoms with E-state index in [2.05, 4.69) is 54.5 Å². The van der Waals surface area contributed by atoms with E-state index in [0.717, 1.165) is 25.2 Å². The first-order chi connectivity index (χ1) is 11.6. The number of nitrogens with zero attached hydrogens (tertiary/aromatic N) is 2. The molecule has 2 amide bonds. The molecule has 4 heteroatoms. The minimum absolute atomic E-state index is 0.0514. The highest BCUT2D eigenvalue weighted by atomic mass is 16.2. The molecule has 0 aliphatic carbocycles. The van der Waals surface area contributed by atoms with Gasteiger partial charge >= 0.3 is 6.03 Å². The van der Waals surface area contributed by atoms with Crippen LogP contribution in [0.15, 0.2) is 54.4 Å². The molecule has 124 valence electrons. The maximum Gasteiger partial charge on any atom is 0.321 e. The number of aryl methyl sites for hydroxylation is 1. The van der Waals surface area contributed by atoms with Crippen molar-refractivity contribution in [2.24, 2.45) is 5.92 Å². The number of carbonyl (C=O) groups excluding carboxylic acids is 1. The quantitative estimate of drug-likeness (QED) is 0.894. The molecule has 2 heterocycles. The summed E-state index contributed by atoms with van der Waals surface area (Å²) in [6, 6.07) is 12.1. The molecule has 1 unspecified atom stereocenters. The molecule has 4 nitrogen and oxygen atoms in total. The normalized spacial score (nSPS) is 19.3. The number of hydrogen-bond donors (Lipinski definition) is 1. The zero-order chi connectivity index (χ0) is 16.9. The third kappa shape index (κ3) is 4.02. The van der Waals surface area contributed by atoms with Crippen molar-refractivity contribution in [3.05, 3.63) is 65.5 Å². The smallest absolute Gasteiger partial charge is 0.321 e. The van der Waals surface area contributed by atoms with Gasteiger partial charge in [-0.15, -0.1) is 0 Å². The summed E-state index contributed by atoms with van der Waals surface area (Å²) in [5.41, 5.74) is 4.65. The summed E-state index contributed by atoms with van der Waals surface area (Å²) in [5, 5.41) is 2.91. The first-order valence-electron chi connectivity index (χ1n) is 8.35. The molecular formula is C20H23N3O. The molecule has 0 saturated carbocycles. The fraction of sp³-hybridized carbons (Fsp3) is 0.300. The van der Waals surface area contributed by atoms with Crippen LogP contribution in [0.2, 0.25) is 0 Å². The molecule has 1 fully saturated rings. The van der Waals surface area contributed by atoms with E-state index in [1.165, 1.54) is 16.7 Å². The minimum Gasteiger partial charge on any atom is -0.324 e. The van der Waals surface area contributed by atoms with Gasteiger partial charge < -0.3 is 10.2 Å². The van der Waals surface area contributed by atoms with Gasteiger partial charge in [0.1, 0.15) is 0 Å². The van der Waals surface area contributed by atoms with Crippen LogP contribution in [-0.4, -0.2) is 29.0 Å². The number of carbonyl (C=O) groups is 1. The summed E-state index contributed by atoms with van der Waals surface area (Å²) in [6.07, 6.45) is 6.54. The summed E-state index contributed by atoms with van der Waals surface area (Å²) in [5.74, 6) is 0.360. The Morgan fingerprint density at radius 2 is 2.21 bits per heavy atom. The Morgan fingerprint density at radius 3 is 2.92 bits per heavy atom. The second-order valence-corrected chi connectivity index (χ2v) is 6.40. The maximum absolute atomic E-state index is 12.4. The van der Waals surface area contributed by atoms with E-state index in [1.54, 1.807) is 12.4 Å². The van der Waals surface area contributed by atoms with Gasteiger partial charge in [-0.1, -0.05) is 48.4 Å². The molecule has 0 bridgehead atoms. The molecule has 1 aliphatic heterocycles. The lowest BCUT2D eigenvalue weighted by Crippen LogP contribution is -2.42. The molecule has 0 spiro atoms. The van der Waals surface area contributed by atoms with Crippen LogP contribution in [0.1, 0.15) is 24.5 Å². The lowest BCUT2D eigenvalue weighted by Gasteiger charge is -2.33. The molecule has 1 saturated heterocycles. The molecule has 2 aromatic rings. The van der Waals surface area contributed by atoms with Gasteiger partial charge in [0.05, 0.1) is 11.9 Å². The Labute approximate surface area is 143 Å². The maximum atomic E-state index is 12.4. The number of piperidine rings is 1. The van der Waals surface area contributed by atoms with Crippen molar-refractivity contribution in [2.45, 2.75) is 20.3 Å². The van der Waals surface area contributed by atoms with Gasteiger partial charge in [-0.05, 0) is 37.0 Å². The molecule has 24 heavy (non-hydrogen) atoms. The van der Waals surface area contributed by atoms with Crippen LogP contribution in [0.25, 0.3) is 6.08 Å². The van der Waals surface area contributed by atoms with E-state index in [1.807, 2.05) is 17.0 Å². The van der Waals surface area contributed by atoms with Gasteiger partial charge in [0, 0.05) is 19.3 Å². The summed E-state index contributed by atoms with van der Waals surface area (Å²) in [7, 11) is 0. The number of nitrogens with one attached hydrogen (secondary N) is 1. The third-order valence-electron chi connectivity index (χ3n) is 4.39.